The monoisotopic (exact) mass is 458 g/mol. The zero-order chi connectivity index (χ0) is 17.4. The maximum atomic E-state index is 2.53. The zero-order valence-electron chi connectivity index (χ0n) is 17.2. The van der Waals surface area contributed by atoms with Gasteiger partial charge >= 0.3 is 156 Å². The molecule has 0 fully saturated rings. The molecule has 0 atom stereocenters. The van der Waals surface area contributed by atoms with Crippen LogP contribution in [0.4, 0.5) is 0 Å². The maximum absolute atomic E-state index is 2.53. The molecule has 0 amide bonds. The molecule has 0 N–H and O–H groups in total. The number of hydrogen-bond donors (Lipinski definition) is 0. The summed E-state index contributed by atoms with van der Waals surface area (Å²) in [5.74, 6) is 0. The van der Waals surface area contributed by atoms with Gasteiger partial charge in [0.25, 0.3) is 0 Å². The first-order valence-electron chi connectivity index (χ1n) is 9.22. The Kier molecular flexibility index (Phi) is 9.73. The topological polar surface area (TPSA) is 0 Å². The molecule has 0 aromatic carbocycles. The molecule has 0 radical (unpaired) electrons. The first-order valence-corrected chi connectivity index (χ1v) is 11.7. The first-order chi connectivity index (χ1) is 10.6. The van der Waals surface area contributed by atoms with Crippen molar-refractivity contribution < 1.29 is 48.0 Å². The van der Waals surface area contributed by atoms with Crippen LogP contribution in [-0.2, 0) is 23.2 Å². The fourth-order valence-electron chi connectivity index (χ4n) is 3.77. The number of halogens is 2. The standard InChI is InChI=1S/2C11H17.2ClH.Zr/c2*1-5-11(3,4)10-8-6-7-9(10)2;;;/h2*8H,5-6H2,1-4H3;2*1H;/q;;;;+2/p-2. The quantitative estimate of drug-likeness (QED) is 0.558. The van der Waals surface area contributed by atoms with Gasteiger partial charge in [0.15, 0.2) is 0 Å². The van der Waals surface area contributed by atoms with Crippen LogP contribution in [0.15, 0.2) is 41.0 Å². The Morgan fingerprint density at radius 2 is 1.08 bits per heavy atom. The summed E-state index contributed by atoms with van der Waals surface area (Å²) >= 11 is -0.595. The fourth-order valence-corrected chi connectivity index (χ4v) is 7.25. The van der Waals surface area contributed by atoms with Crippen molar-refractivity contribution in [1.82, 2.24) is 0 Å². The van der Waals surface area contributed by atoms with Crippen LogP contribution < -0.4 is 24.8 Å². The van der Waals surface area contributed by atoms with Crippen LogP contribution in [0.25, 0.3) is 0 Å². The maximum Gasteiger partial charge on any atom is -1.00 e. The third-order valence-electron chi connectivity index (χ3n) is 6.26. The van der Waals surface area contributed by atoms with Crippen LogP contribution in [0.5, 0.6) is 0 Å². The van der Waals surface area contributed by atoms with E-state index in [1.54, 1.807) is 22.3 Å². The largest absolute Gasteiger partial charge is 1.00 e. The molecule has 0 nitrogen and oxygen atoms in total. The average molecular weight is 461 g/mol. The molecule has 0 saturated carbocycles. The van der Waals surface area contributed by atoms with Crippen LogP contribution in [0, 0.1) is 10.8 Å². The summed E-state index contributed by atoms with van der Waals surface area (Å²) in [5.41, 5.74) is 7.25. The molecule has 0 saturated heterocycles. The Bertz CT molecular complexity index is 562. The summed E-state index contributed by atoms with van der Waals surface area (Å²) in [7, 11) is 0. The van der Waals surface area contributed by atoms with Crippen LogP contribution in [0.1, 0.15) is 81.1 Å². The molecule has 2 aliphatic rings. The van der Waals surface area contributed by atoms with Gasteiger partial charge in [-0.15, -0.1) is 0 Å². The van der Waals surface area contributed by atoms with E-state index in [4.69, 9.17) is 0 Å². The molecule has 25 heavy (non-hydrogen) atoms. The summed E-state index contributed by atoms with van der Waals surface area (Å²) < 4.78 is 3.65. The number of allylic oxidation sites excluding steroid dienone is 8. The predicted octanol–water partition coefficient (Wildman–Crippen LogP) is 1.16. The van der Waals surface area contributed by atoms with Gasteiger partial charge in [-0.25, -0.2) is 0 Å². The van der Waals surface area contributed by atoms with Gasteiger partial charge in [0.1, 0.15) is 0 Å². The molecule has 3 heteroatoms. The van der Waals surface area contributed by atoms with Crippen LogP contribution in [0.3, 0.4) is 0 Å². The molecule has 0 spiro atoms. The Morgan fingerprint density at radius 1 is 0.760 bits per heavy atom. The molecule has 0 aromatic rings. The van der Waals surface area contributed by atoms with E-state index >= 15 is 0 Å². The van der Waals surface area contributed by atoms with Crippen molar-refractivity contribution in [3.8, 4) is 0 Å². The third kappa shape index (κ3) is 5.24. The van der Waals surface area contributed by atoms with E-state index in [2.05, 4.69) is 67.5 Å². The Labute approximate surface area is 180 Å². The minimum absolute atomic E-state index is 0. The van der Waals surface area contributed by atoms with E-state index < -0.39 is 23.2 Å². The van der Waals surface area contributed by atoms with Gasteiger partial charge in [-0.1, -0.05) is 0 Å². The van der Waals surface area contributed by atoms with E-state index in [1.807, 2.05) is 6.56 Å². The Balaban J connectivity index is 0.00000288. The first kappa shape index (κ1) is 25.4. The molecule has 0 aliphatic heterocycles. The number of rotatable bonds is 6. The number of hydrogen-bond acceptors (Lipinski definition) is 0. The molecule has 0 aromatic heterocycles. The van der Waals surface area contributed by atoms with Gasteiger partial charge in [0, 0.05) is 0 Å². The predicted molar refractivity (Wildman–Crippen MR) is 98.9 cm³/mol. The van der Waals surface area contributed by atoms with Gasteiger partial charge < -0.3 is 24.8 Å². The van der Waals surface area contributed by atoms with E-state index in [1.165, 1.54) is 25.7 Å². The summed E-state index contributed by atoms with van der Waals surface area (Å²) in [6, 6.07) is 0. The second-order valence-electron chi connectivity index (χ2n) is 8.45. The second-order valence-corrected chi connectivity index (χ2v) is 12.0. The Hall–Kier alpha value is 0.423. The SMILES string of the molecule is CCC(C)(C)C1=CC[C]([Zr+2][C]2=C(C)C(C(C)(C)CC)=CC2)=C1C.[Cl-].[Cl-]. The molecule has 0 unspecified atom stereocenters. The van der Waals surface area contributed by atoms with Crippen molar-refractivity contribution in [2.24, 2.45) is 10.8 Å². The summed E-state index contributed by atoms with van der Waals surface area (Å²) in [5, 5.41) is 0. The summed E-state index contributed by atoms with van der Waals surface area (Å²) in [4.78, 5) is 0. The minimum Gasteiger partial charge on any atom is -1.00 e. The molecule has 2 aliphatic carbocycles. The Morgan fingerprint density at radius 3 is 1.36 bits per heavy atom. The van der Waals surface area contributed by atoms with Crippen molar-refractivity contribution in [1.29, 1.82) is 0 Å². The molecular weight excluding hydrogens is 426 g/mol. The average Bonchev–Trinajstić information content (AvgIpc) is 3.05. The fraction of sp³-hybridized carbons (Fsp3) is 0.636. The normalized spacial score (nSPS) is 17.8. The summed E-state index contributed by atoms with van der Waals surface area (Å²) in [6.07, 6.45) is 9.99. The van der Waals surface area contributed by atoms with E-state index in [-0.39, 0.29) is 24.8 Å². The third-order valence-corrected chi connectivity index (χ3v) is 10.6. The molecule has 0 bridgehead atoms. The van der Waals surface area contributed by atoms with E-state index in [0.29, 0.717) is 10.8 Å². The van der Waals surface area contributed by atoms with Crippen molar-refractivity contribution in [2.75, 3.05) is 0 Å². The van der Waals surface area contributed by atoms with E-state index in [0.717, 1.165) is 0 Å². The van der Waals surface area contributed by atoms with Crippen molar-refractivity contribution >= 4 is 0 Å². The van der Waals surface area contributed by atoms with Crippen LogP contribution in [-0.4, -0.2) is 0 Å². The second kappa shape index (κ2) is 9.57. The van der Waals surface area contributed by atoms with E-state index in [9.17, 15) is 0 Å². The van der Waals surface area contributed by atoms with Gasteiger partial charge in [0.05, 0.1) is 0 Å². The zero-order valence-corrected chi connectivity index (χ0v) is 21.2. The minimum atomic E-state index is -0.595. The molecule has 2 rings (SSSR count). The van der Waals surface area contributed by atoms with Gasteiger partial charge in [-0.05, 0) is 0 Å². The van der Waals surface area contributed by atoms with Crippen molar-refractivity contribution in [2.45, 2.75) is 81.1 Å². The van der Waals surface area contributed by atoms with Gasteiger partial charge in [-0.2, -0.15) is 0 Å². The molecule has 140 valence electrons. The van der Waals surface area contributed by atoms with Crippen LogP contribution in [0.2, 0.25) is 0 Å². The summed E-state index contributed by atoms with van der Waals surface area (Å²) in [6.45, 7) is 19.0. The van der Waals surface area contributed by atoms with Crippen molar-refractivity contribution in [3.05, 3.63) is 41.0 Å². The van der Waals surface area contributed by atoms with Gasteiger partial charge in [-0.3, -0.25) is 0 Å². The molecular formula is C22H34Cl2Zr. The molecule has 0 heterocycles. The van der Waals surface area contributed by atoms with Gasteiger partial charge in [0.2, 0.25) is 0 Å². The smallest absolute Gasteiger partial charge is 1.00 e. The van der Waals surface area contributed by atoms with Crippen molar-refractivity contribution in [3.63, 3.8) is 0 Å². The van der Waals surface area contributed by atoms with Crippen LogP contribution >= 0.6 is 0 Å².